The summed E-state index contributed by atoms with van der Waals surface area (Å²) in [6.07, 6.45) is 4.58. The smallest absolute Gasteiger partial charge is 0.114 e. The summed E-state index contributed by atoms with van der Waals surface area (Å²) >= 11 is 0. The van der Waals surface area contributed by atoms with E-state index in [0.29, 0.717) is 0 Å². The summed E-state index contributed by atoms with van der Waals surface area (Å²) in [6.45, 7) is 1.94. The molecule has 0 saturated heterocycles. The average molecular weight is 164 g/mol. The Labute approximate surface area is 73.4 Å². The highest BCUT2D eigenvalue weighted by molar-refractivity contribution is 5.38. The van der Waals surface area contributed by atoms with Crippen LogP contribution in [0.25, 0.3) is 0 Å². The van der Waals surface area contributed by atoms with Crippen molar-refractivity contribution in [1.29, 1.82) is 0 Å². The SMILES string of the molecule is CN(C)CCNc1[c]nccc1. The third-order valence-corrected chi connectivity index (χ3v) is 1.48. The van der Waals surface area contributed by atoms with E-state index in [1.165, 1.54) is 0 Å². The van der Waals surface area contributed by atoms with Crippen molar-refractivity contribution in [3.8, 4) is 0 Å². The second-order valence-corrected chi connectivity index (χ2v) is 2.89. The lowest BCUT2D eigenvalue weighted by molar-refractivity contribution is 0.425. The second-order valence-electron chi connectivity index (χ2n) is 2.89. The van der Waals surface area contributed by atoms with E-state index >= 15 is 0 Å². The molecule has 3 heteroatoms. The lowest BCUT2D eigenvalue weighted by atomic mass is 10.4. The molecule has 0 aliphatic carbocycles. The number of nitrogens with one attached hydrogen (secondary N) is 1. The summed E-state index contributed by atoms with van der Waals surface area (Å²) in [6, 6.07) is 3.86. The highest BCUT2D eigenvalue weighted by atomic mass is 15.1. The Bertz CT molecular complexity index is 208. The molecule has 12 heavy (non-hydrogen) atoms. The van der Waals surface area contributed by atoms with E-state index < -0.39 is 0 Å². The van der Waals surface area contributed by atoms with Gasteiger partial charge in [0, 0.05) is 19.3 Å². The summed E-state index contributed by atoms with van der Waals surface area (Å²) in [5.41, 5.74) is 0.958. The van der Waals surface area contributed by atoms with Crippen LogP contribution < -0.4 is 5.32 Å². The van der Waals surface area contributed by atoms with E-state index in [1.54, 1.807) is 6.20 Å². The summed E-state index contributed by atoms with van der Waals surface area (Å²) in [5, 5.41) is 3.22. The fraction of sp³-hybridized carbons (Fsp3) is 0.444. The Hall–Kier alpha value is -1.09. The van der Waals surface area contributed by atoms with Gasteiger partial charge in [0.15, 0.2) is 0 Å². The largest absolute Gasteiger partial charge is 0.382 e. The van der Waals surface area contributed by atoms with Gasteiger partial charge in [0.05, 0.1) is 5.69 Å². The molecular weight excluding hydrogens is 150 g/mol. The molecule has 1 heterocycles. The quantitative estimate of drug-likeness (QED) is 0.715. The topological polar surface area (TPSA) is 28.2 Å². The molecule has 1 rings (SSSR count). The van der Waals surface area contributed by atoms with E-state index in [2.05, 4.69) is 35.5 Å². The van der Waals surface area contributed by atoms with Crippen LogP contribution in [0, 0.1) is 6.20 Å². The zero-order valence-electron chi connectivity index (χ0n) is 7.54. The van der Waals surface area contributed by atoms with Crippen LogP contribution >= 0.6 is 0 Å². The summed E-state index contributed by atoms with van der Waals surface area (Å²) < 4.78 is 0. The fourth-order valence-corrected chi connectivity index (χ4v) is 0.839. The summed E-state index contributed by atoms with van der Waals surface area (Å²) in [7, 11) is 4.10. The summed E-state index contributed by atoms with van der Waals surface area (Å²) in [5.74, 6) is 0. The molecule has 1 N–H and O–H groups in total. The Morgan fingerprint density at radius 1 is 1.58 bits per heavy atom. The van der Waals surface area contributed by atoms with E-state index in [9.17, 15) is 0 Å². The first-order valence-electron chi connectivity index (χ1n) is 4.00. The number of rotatable bonds is 4. The van der Waals surface area contributed by atoms with Crippen LogP contribution in [-0.2, 0) is 0 Å². The van der Waals surface area contributed by atoms with E-state index in [4.69, 9.17) is 0 Å². The molecule has 3 nitrogen and oxygen atoms in total. The van der Waals surface area contributed by atoms with Crippen molar-refractivity contribution in [2.45, 2.75) is 0 Å². The Morgan fingerprint density at radius 3 is 3.00 bits per heavy atom. The lowest BCUT2D eigenvalue weighted by Crippen LogP contribution is -2.20. The van der Waals surface area contributed by atoms with Gasteiger partial charge in [-0.2, -0.15) is 0 Å². The molecule has 0 fully saturated rings. The van der Waals surface area contributed by atoms with Gasteiger partial charge in [0.1, 0.15) is 6.20 Å². The standard InChI is InChI=1S/C9H14N3/c1-12(2)7-6-11-9-4-3-5-10-8-9/h3-5,11H,6-7H2,1-2H3. The van der Waals surface area contributed by atoms with Crippen LogP contribution in [0.1, 0.15) is 0 Å². The lowest BCUT2D eigenvalue weighted by Gasteiger charge is -2.10. The molecule has 0 unspecified atom stereocenters. The van der Waals surface area contributed by atoms with E-state index in [-0.39, 0.29) is 0 Å². The molecular formula is C9H14N3. The first-order valence-corrected chi connectivity index (χ1v) is 4.00. The zero-order chi connectivity index (χ0) is 8.81. The normalized spacial score (nSPS) is 10.2. The van der Waals surface area contributed by atoms with Gasteiger partial charge in [-0.05, 0) is 26.2 Å². The number of nitrogens with zero attached hydrogens (tertiary/aromatic N) is 2. The Balaban J connectivity index is 2.25. The maximum atomic E-state index is 3.88. The van der Waals surface area contributed by atoms with Gasteiger partial charge < -0.3 is 10.2 Å². The van der Waals surface area contributed by atoms with Crippen molar-refractivity contribution in [3.05, 3.63) is 24.5 Å². The maximum absolute atomic E-state index is 3.88. The predicted molar refractivity (Wildman–Crippen MR) is 50.1 cm³/mol. The van der Waals surface area contributed by atoms with Crippen molar-refractivity contribution in [3.63, 3.8) is 0 Å². The van der Waals surface area contributed by atoms with Crippen molar-refractivity contribution in [2.75, 3.05) is 32.5 Å². The molecule has 0 saturated carbocycles. The minimum Gasteiger partial charge on any atom is -0.382 e. The predicted octanol–water partition coefficient (Wildman–Crippen LogP) is 0.855. The number of anilines is 1. The van der Waals surface area contributed by atoms with Gasteiger partial charge in [-0.15, -0.1) is 0 Å². The highest BCUT2D eigenvalue weighted by Gasteiger charge is 1.91. The molecule has 1 radical (unpaired) electrons. The van der Waals surface area contributed by atoms with E-state index in [1.807, 2.05) is 12.1 Å². The fourth-order valence-electron chi connectivity index (χ4n) is 0.839. The first kappa shape index (κ1) is 9.00. The van der Waals surface area contributed by atoms with Crippen LogP contribution in [0.3, 0.4) is 0 Å². The molecule has 0 spiro atoms. The van der Waals surface area contributed by atoms with Crippen LogP contribution in [0.2, 0.25) is 0 Å². The molecule has 0 atom stereocenters. The molecule has 65 valence electrons. The Morgan fingerprint density at radius 2 is 2.42 bits per heavy atom. The minimum atomic E-state index is 0.926. The van der Waals surface area contributed by atoms with Gasteiger partial charge in [-0.3, -0.25) is 4.98 Å². The van der Waals surface area contributed by atoms with Gasteiger partial charge in [0.25, 0.3) is 0 Å². The number of likely N-dealkylation sites (N-methyl/N-ethyl adjacent to an activating group) is 1. The van der Waals surface area contributed by atoms with Crippen LogP contribution in [0.4, 0.5) is 5.69 Å². The van der Waals surface area contributed by atoms with Gasteiger partial charge in [-0.1, -0.05) is 0 Å². The van der Waals surface area contributed by atoms with Gasteiger partial charge in [0.2, 0.25) is 0 Å². The molecule has 0 aromatic carbocycles. The highest BCUT2D eigenvalue weighted by Crippen LogP contribution is 1.99. The number of hydrogen-bond donors (Lipinski definition) is 1. The van der Waals surface area contributed by atoms with Crippen molar-refractivity contribution < 1.29 is 0 Å². The van der Waals surface area contributed by atoms with Crippen molar-refractivity contribution in [2.24, 2.45) is 0 Å². The number of pyridine rings is 1. The molecule has 0 aliphatic rings. The molecule has 0 amide bonds. The first-order chi connectivity index (χ1) is 5.79. The van der Waals surface area contributed by atoms with E-state index in [0.717, 1.165) is 18.8 Å². The maximum Gasteiger partial charge on any atom is 0.114 e. The number of hydrogen-bond acceptors (Lipinski definition) is 3. The van der Waals surface area contributed by atoms with Crippen molar-refractivity contribution >= 4 is 5.69 Å². The third kappa shape index (κ3) is 3.34. The average Bonchev–Trinajstić information content (AvgIpc) is 2.05. The zero-order valence-corrected chi connectivity index (χ0v) is 7.54. The van der Waals surface area contributed by atoms with Crippen molar-refractivity contribution in [1.82, 2.24) is 9.88 Å². The second kappa shape index (κ2) is 4.72. The third-order valence-electron chi connectivity index (χ3n) is 1.48. The summed E-state index contributed by atoms with van der Waals surface area (Å²) in [4.78, 5) is 6.01. The van der Waals surface area contributed by atoms with Crippen LogP contribution in [0.5, 0.6) is 0 Å². The molecule has 1 aromatic heterocycles. The van der Waals surface area contributed by atoms with Gasteiger partial charge >= 0.3 is 0 Å². The van der Waals surface area contributed by atoms with Gasteiger partial charge in [-0.25, -0.2) is 0 Å². The molecule has 0 bridgehead atoms. The Kier molecular flexibility index (Phi) is 3.54. The molecule has 0 aliphatic heterocycles. The number of aromatic nitrogens is 1. The van der Waals surface area contributed by atoms with Crippen LogP contribution in [0.15, 0.2) is 18.3 Å². The molecule has 1 aromatic rings. The monoisotopic (exact) mass is 164 g/mol. The van der Waals surface area contributed by atoms with Crippen LogP contribution in [-0.4, -0.2) is 37.1 Å². The minimum absolute atomic E-state index is 0.926.